The lowest BCUT2D eigenvalue weighted by Crippen LogP contribution is -2.59. The molecule has 0 aromatic carbocycles. The van der Waals surface area contributed by atoms with Crippen molar-refractivity contribution in [1.29, 1.82) is 0 Å². The Hall–Kier alpha value is 0.240. The van der Waals surface area contributed by atoms with Crippen molar-refractivity contribution in [3.63, 3.8) is 0 Å². The molecule has 0 saturated carbocycles. The van der Waals surface area contributed by atoms with E-state index in [0.717, 1.165) is 11.8 Å². The molecule has 0 aromatic heterocycles. The Morgan fingerprint density at radius 3 is 2.38 bits per heavy atom. The molecular weight excluding hydrogens is 284 g/mol. The molecule has 1 heterocycles. The standard InChI is InChI=1S/C9H17BrO6/c10-2-1-3-15-9-8(14)7(13)6(12)5(4-11)16-9/h5-9,11-14H,1-4H2. The first kappa shape index (κ1) is 14.3. The molecule has 0 amide bonds. The lowest BCUT2D eigenvalue weighted by atomic mass is 9.99. The largest absolute Gasteiger partial charge is 0.394 e. The van der Waals surface area contributed by atoms with Gasteiger partial charge >= 0.3 is 0 Å². The van der Waals surface area contributed by atoms with Crippen LogP contribution in [0.15, 0.2) is 0 Å². The van der Waals surface area contributed by atoms with Crippen LogP contribution in [0, 0.1) is 0 Å². The summed E-state index contributed by atoms with van der Waals surface area (Å²) >= 11 is 3.22. The summed E-state index contributed by atoms with van der Waals surface area (Å²) in [7, 11) is 0. The zero-order valence-corrected chi connectivity index (χ0v) is 10.3. The molecule has 4 N–H and O–H groups in total. The van der Waals surface area contributed by atoms with Crippen LogP contribution in [0.1, 0.15) is 6.42 Å². The van der Waals surface area contributed by atoms with Crippen molar-refractivity contribution in [2.45, 2.75) is 37.1 Å². The first-order valence-electron chi connectivity index (χ1n) is 5.10. The van der Waals surface area contributed by atoms with E-state index in [9.17, 15) is 15.3 Å². The van der Waals surface area contributed by atoms with Crippen LogP contribution in [-0.4, -0.2) is 69.7 Å². The minimum atomic E-state index is -1.38. The van der Waals surface area contributed by atoms with Crippen molar-refractivity contribution >= 4 is 15.9 Å². The Bertz CT molecular complexity index is 202. The highest BCUT2D eigenvalue weighted by Gasteiger charge is 2.43. The molecule has 1 aliphatic rings. The number of rotatable bonds is 5. The van der Waals surface area contributed by atoms with E-state index in [1.54, 1.807) is 0 Å². The molecule has 1 fully saturated rings. The molecule has 0 bridgehead atoms. The number of alkyl halides is 1. The van der Waals surface area contributed by atoms with Crippen LogP contribution in [-0.2, 0) is 9.47 Å². The van der Waals surface area contributed by atoms with Gasteiger partial charge in [-0.25, -0.2) is 0 Å². The van der Waals surface area contributed by atoms with Gasteiger partial charge in [0, 0.05) is 5.33 Å². The molecule has 0 aromatic rings. The first-order valence-corrected chi connectivity index (χ1v) is 6.22. The third kappa shape index (κ3) is 3.36. The molecule has 5 atom stereocenters. The molecule has 0 radical (unpaired) electrons. The molecule has 6 nitrogen and oxygen atoms in total. The summed E-state index contributed by atoms with van der Waals surface area (Å²) in [5.41, 5.74) is 0. The van der Waals surface area contributed by atoms with Gasteiger partial charge in [0.15, 0.2) is 6.29 Å². The van der Waals surface area contributed by atoms with Crippen LogP contribution in [0.25, 0.3) is 0 Å². The lowest BCUT2D eigenvalue weighted by Gasteiger charge is -2.39. The van der Waals surface area contributed by atoms with Gasteiger partial charge in [0.2, 0.25) is 0 Å². The second kappa shape index (κ2) is 6.85. The third-order valence-electron chi connectivity index (χ3n) is 2.41. The smallest absolute Gasteiger partial charge is 0.186 e. The van der Waals surface area contributed by atoms with E-state index in [2.05, 4.69) is 15.9 Å². The summed E-state index contributed by atoms with van der Waals surface area (Å²) in [5.74, 6) is 0. The van der Waals surface area contributed by atoms with Gasteiger partial charge in [-0.3, -0.25) is 0 Å². The quantitative estimate of drug-likeness (QED) is 0.368. The van der Waals surface area contributed by atoms with Crippen LogP contribution >= 0.6 is 15.9 Å². The van der Waals surface area contributed by atoms with Crippen molar-refractivity contribution in [1.82, 2.24) is 0 Å². The monoisotopic (exact) mass is 300 g/mol. The zero-order chi connectivity index (χ0) is 12.1. The Morgan fingerprint density at radius 1 is 1.12 bits per heavy atom. The van der Waals surface area contributed by atoms with Gasteiger partial charge in [-0.2, -0.15) is 0 Å². The minimum Gasteiger partial charge on any atom is -0.394 e. The molecular formula is C9H17BrO6. The normalized spacial score (nSPS) is 39.9. The summed E-state index contributed by atoms with van der Waals surface area (Å²) in [5, 5.41) is 38.2. The maximum atomic E-state index is 9.57. The van der Waals surface area contributed by atoms with Crippen LogP contribution < -0.4 is 0 Å². The van der Waals surface area contributed by atoms with Crippen molar-refractivity contribution in [3.8, 4) is 0 Å². The highest BCUT2D eigenvalue weighted by molar-refractivity contribution is 9.09. The van der Waals surface area contributed by atoms with E-state index in [1.165, 1.54) is 0 Å². The van der Waals surface area contributed by atoms with E-state index in [4.69, 9.17) is 14.6 Å². The predicted octanol–water partition coefficient (Wildman–Crippen LogP) is -1.41. The highest BCUT2D eigenvalue weighted by Crippen LogP contribution is 2.21. The van der Waals surface area contributed by atoms with Crippen molar-refractivity contribution in [3.05, 3.63) is 0 Å². The van der Waals surface area contributed by atoms with Gasteiger partial charge < -0.3 is 29.9 Å². The first-order chi connectivity index (χ1) is 7.61. The average molecular weight is 301 g/mol. The fourth-order valence-corrected chi connectivity index (χ4v) is 1.69. The Labute approximate surface area is 102 Å². The fraction of sp³-hybridized carbons (Fsp3) is 1.00. The Balaban J connectivity index is 2.50. The summed E-state index contributed by atoms with van der Waals surface area (Å²) in [6.07, 6.45) is -5.22. The molecule has 7 heteroatoms. The number of hydrogen-bond acceptors (Lipinski definition) is 6. The molecule has 0 spiro atoms. The van der Waals surface area contributed by atoms with Gasteiger partial charge in [-0.1, -0.05) is 15.9 Å². The predicted molar refractivity (Wildman–Crippen MR) is 58.1 cm³/mol. The van der Waals surface area contributed by atoms with Gasteiger partial charge in [0.1, 0.15) is 24.4 Å². The molecule has 0 aliphatic carbocycles. The van der Waals surface area contributed by atoms with Crippen molar-refractivity contribution in [2.24, 2.45) is 0 Å². The molecule has 96 valence electrons. The Kier molecular flexibility index (Phi) is 6.12. The van der Waals surface area contributed by atoms with Crippen LogP contribution in [0.2, 0.25) is 0 Å². The summed E-state index contributed by atoms with van der Waals surface area (Å²) in [4.78, 5) is 0. The maximum Gasteiger partial charge on any atom is 0.186 e. The second-order valence-corrected chi connectivity index (χ2v) is 4.40. The topological polar surface area (TPSA) is 99.4 Å². The van der Waals surface area contributed by atoms with E-state index in [0.29, 0.717) is 6.61 Å². The van der Waals surface area contributed by atoms with Gasteiger partial charge in [0.25, 0.3) is 0 Å². The molecule has 1 rings (SSSR count). The van der Waals surface area contributed by atoms with Crippen molar-refractivity contribution < 1.29 is 29.9 Å². The van der Waals surface area contributed by atoms with Gasteiger partial charge in [0.05, 0.1) is 13.2 Å². The van der Waals surface area contributed by atoms with Crippen LogP contribution in [0.4, 0.5) is 0 Å². The highest BCUT2D eigenvalue weighted by atomic mass is 79.9. The summed E-state index contributed by atoms with van der Waals surface area (Å²) in [6, 6.07) is 0. The SMILES string of the molecule is OCC1OC(OCCCBr)C(O)C(O)C1O. The number of ether oxygens (including phenoxy) is 2. The number of hydrogen-bond donors (Lipinski definition) is 4. The molecule has 16 heavy (non-hydrogen) atoms. The summed E-state index contributed by atoms with van der Waals surface area (Å²) in [6.45, 7) is -0.0861. The van der Waals surface area contributed by atoms with Gasteiger partial charge in [-0.05, 0) is 6.42 Å². The lowest BCUT2D eigenvalue weighted by molar-refractivity contribution is -0.300. The Morgan fingerprint density at radius 2 is 1.81 bits per heavy atom. The van der Waals surface area contributed by atoms with E-state index < -0.39 is 37.3 Å². The number of aliphatic hydroxyl groups is 4. The molecule has 1 saturated heterocycles. The van der Waals surface area contributed by atoms with E-state index >= 15 is 0 Å². The van der Waals surface area contributed by atoms with Crippen molar-refractivity contribution in [2.75, 3.05) is 18.5 Å². The zero-order valence-electron chi connectivity index (χ0n) is 8.70. The molecule has 5 unspecified atom stereocenters. The number of halogens is 1. The third-order valence-corrected chi connectivity index (χ3v) is 2.97. The fourth-order valence-electron chi connectivity index (χ4n) is 1.46. The van der Waals surface area contributed by atoms with Gasteiger partial charge in [-0.15, -0.1) is 0 Å². The van der Waals surface area contributed by atoms with Crippen LogP contribution in [0.3, 0.4) is 0 Å². The average Bonchev–Trinajstić information content (AvgIpc) is 2.29. The van der Waals surface area contributed by atoms with Crippen LogP contribution in [0.5, 0.6) is 0 Å². The maximum absolute atomic E-state index is 9.57. The number of aliphatic hydroxyl groups excluding tert-OH is 4. The van der Waals surface area contributed by atoms with E-state index in [1.807, 2.05) is 0 Å². The summed E-state index contributed by atoms with van der Waals surface area (Å²) < 4.78 is 10.3. The minimum absolute atomic E-state index is 0.355. The second-order valence-electron chi connectivity index (χ2n) is 3.61. The van der Waals surface area contributed by atoms with E-state index in [-0.39, 0.29) is 0 Å². The molecule has 1 aliphatic heterocycles.